The lowest BCUT2D eigenvalue weighted by Crippen LogP contribution is -2.25. The second kappa shape index (κ2) is 9.63. The Morgan fingerprint density at radius 3 is 2.69 bits per heavy atom. The number of aliphatic hydroxyl groups is 1. The molecule has 6 nitrogen and oxygen atoms in total. The van der Waals surface area contributed by atoms with Gasteiger partial charge in [-0.25, -0.2) is 0 Å². The fourth-order valence-corrected chi connectivity index (χ4v) is 4.59. The summed E-state index contributed by atoms with van der Waals surface area (Å²) in [5.74, 6) is 0.735. The number of benzene rings is 1. The van der Waals surface area contributed by atoms with Gasteiger partial charge in [0.1, 0.15) is 11.5 Å². The Morgan fingerprint density at radius 1 is 1.19 bits per heavy atom. The molecule has 6 heteroatoms. The molecule has 0 bridgehead atoms. The van der Waals surface area contributed by atoms with Crippen molar-refractivity contribution in [2.24, 2.45) is 4.99 Å². The number of ketones is 2. The summed E-state index contributed by atoms with van der Waals surface area (Å²) in [6, 6.07) is 9.86. The first kappa shape index (κ1) is 22.2. The first-order chi connectivity index (χ1) is 15.5. The minimum absolute atomic E-state index is 0.0257. The Bertz CT molecular complexity index is 1060. The molecule has 0 spiro atoms. The molecular formula is C26H30N2O4. The number of carbonyl (C=O) groups is 2. The highest BCUT2D eigenvalue weighted by Crippen LogP contribution is 2.35. The highest BCUT2D eigenvalue weighted by Gasteiger charge is 2.32. The van der Waals surface area contributed by atoms with E-state index in [9.17, 15) is 14.7 Å². The quantitative estimate of drug-likeness (QED) is 0.595. The van der Waals surface area contributed by atoms with Crippen LogP contribution < -0.4 is 0 Å². The van der Waals surface area contributed by atoms with E-state index in [1.54, 1.807) is 0 Å². The summed E-state index contributed by atoms with van der Waals surface area (Å²) in [5.41, 5.74) is 3.25. The number of aliphatic hydroxyl groups excluding tert-OH is 1. The maximum atomic E-state index is 13.2. The molecule has 0 radical (unpaired) electrons. The van der Waals surface area contributed by atoms with Crippen molar-refractivity contribution in [1.29, 1.82) is 0 Å². The van der Waals surface area contributed by atoms with E-state index in [2.05, 4.69) is 5.16 Å². The normalized spacial score (nSPS) is 20.4. The molecule has 32 heavy (non-hydrogen) atoms. The van der Waals surface area contributed by atoms with Gasteiger partial charge in [0.2, 0.25) is 0 Å². The Hall–Kier alpha value is -3.02. The molecule has 2 aliphatic rings. The van der Waals surface area contributed by atoms with Crippen molar-refractivity contribution in [3.63, 3.8) is 0 Å². The lowest BCUT2D eigenvalue weighted by molar-refractivity contribution is -0.116. The molecule has 2 aromatic rings. The highest BCUT2D eigenvalue weighted by atomic mass is 16.5. The van der Waals surface area contributed by atoms with E-state index in [-0.39, 0.29) is 29.3 Å². The van der Waals surface area contributed by atoms with Crippen LogP contribution >= 0.6 is 0 Å². The predicted octanol–water partition coefficient (Wildman–Crippen LogP) is 5.32. The molecule has 4 rings (SSSR count). The van der Waals surface area contributed by atoms with Crippen LogP contribution in [-0.4, -0.2) is 33.6 Å². The lowest BCUT2D eigenvalue weighted by Gasteiger charge is -2.25. The zero-order valence-corrected chi connectivity index (χ0v) is 18.8. The Labute approximate surface area is 188 Å². The molecule has 1 aromatic carbocycles. The van der Waals surface area contributed by atoms with Gasteiger partial charge in [0.25, 0.3) is 0 Å². The predicted molar refractivity (Wildman–Crippen MR) is 122 cm³/mol. The smallest absolute Gasteiger partial charge is 0.168 e. The van der Waals surface area contributed by atoms with Gasteiger partial charge in [0.15, 0.2) is 11.6 Å². The standard InChI is InChI=1S/C26H30N2O4/c1-3-16(2)27-19(12-13-20-26-21(29)10-7-11-24(26)32-28-20)25-22(30)14-18(15-23(25)31)17-8-5-4-6-9-17/h4-6,8-9,16,18,30H,3,7,10-15H2,1-2H3. The second-order valence-electron chi connectivity index (χ2n) is 8.80. The molecule has 0 saturated heterocycles. The van der Waals surface area contributed by atoms with E-state index >= 15 is 0 Å². The van der Waals surface area contributed by atoms with Crippen LogP contribution in [0.2, 0.25) is 0 Å². The lowest BCUT2D eigenvalue weighted by atomic mass is 9.80. The average molecular weight is 435 g/mol. The zero-order chi connectivity index (χ0) is 22.7. The average Bonchev–Trinajstić information content (AvgIpc) is 3.21. The largest absolute Gasteiger partial charge is 0.511 e. The van der Waals surface area contributed by atoms with Gasteiger partial charge in [-0.1, -0.05) is 42.4 Å². The number of hydrogen-bond acceptors (Lipinski definition) is 6. The molecule has 1 N–H and O–H groups in total. The van der Waals surface area contributed by atoms with Crippen molar-refractivity contribution < 1.29 is 19.2 Å². The number of carbonyl (C=O) groups excluding carboxylic acids is 2. The molecule has 0 fully saturated rings. The number of nitrogens with zero attached hydrogens (tertiary/aromatic N) is 2. The number of Topliss-reactive ketones (excluding diaryl/α,β-unsaturated/α-hetero) is 2. The van der Waals surface area contributed by atoms with Gasteiger partial charge in [-0.05, 0) is 44.1 Å². The second-order valence-corrected chi connectivity index (χ2v) is 8.80. The molecule has 1 aromatic heterocycles. The molecule has 0 aliphatic heterocycles. The number of hydrogen-bond donors (Lipinski definition) is 1. The maximum Gasteiger partial charge on any atom is 0.168 e. The van der Waals surface area contributed by atoms with Crippen LogP contribution in [0.15, 0.2) is 51.2 Å². The summed E-state index contributed by atoms with van der Waals surface area (Å²) in [5, 5.41) is 15.0. The van der Waals surface area contributed by atoms with Crippen LogP contribution in [0.1, 0.15) is 85.7 Å². The molecule has 168 valence electrons. The number of rotatable bonds is 7. The van der Waals surface area contributed by atoms with Gasteiger partial charge in [0.05, 0.1) is 16.8 Å². The van der Waals surface area contributed by atoms with E-state index in [0.29, 0.717) is 60.4 Å². The van der Waals surface area contributed by atoms with Crippen LogP contribution in [0.4, 0.5) is 0 Å². The van der Waals surface area contributed by atoms with E-state index < -0.39 is 0 Å². The van der Waals surface area contributed by atoms with Gasteiger partial charge < -0.3 is 9.63 Å². The minimum atomic E-state index is -0.0806. The molecular weight excluding hydrogens is 404 g/mol. The van der Waals surface area contributed by atoms with Crippen molar-refractivity contribution in [1.82, 2.24) is 5.16 Å². The summed E-state index contributed by atoms with van der Waals surface area (Å²) < 4.78 is 5.40. The third-order valence-electron chi connectivity index (χ3n) is 6.48. The summed E-state index contributed by atoms with van der Waals surface area (Å²) >= 11 is 0. The van der Waals surface area contributed by atoms with Crippen molar-refractivity contribution in [3.8, 4) is 0 Å². The van der Waals surface area contributed by atoms with Crippen LogP contribution in [0, 0.1) is 0 Å². The molecule has 0 amide bonds. The van der Waals surface area contributed by atoms with Crippen LogP contribution in [0.3, 0.4) is 0 Å². The van der Waals surface area contributed by atoms with Gasteiger partial charge in [-0.15, -0.1) is 0 Å². The van der Waals surface area contributed by atoms with Gasteiger partial charge in [-0.3, -0.25) is 14.6 Å². The number of allylic oxidation sites excluding steroid dienone is 2. The number of aromatic nitrogens is 1. The Kier molecular flexibility index (Phi) is 6.68. The molecule has 0 saturated carbocycles. The fraction of sp³-hybridized carbons (Fsp3) is 0.462. The first-order valence-electron chi connectivity index (χ1n) is 11.6. The maximum absolute atomic E-state index is 13.2. The van der Waals surface area contributed by atoms with Crippen LogP contribution in [0.25, 0.3) is 0 Å². The molecule has 1 heterocycles. The number of fused-ring (bicyclic) bond motifs is 1. The van der Waals surface area contributed by atoms with Gasteiger partial charge in [0, 0.05) is 37.4 Å². The summed E-state index contributed by atoms with van der Waals surface area (Å²) in [6.45, 7) is 4.04. The zero-order valence-electron chi connectivity index (χ0n) is 18.8. The summed E-state index contributed by atoms with van der Waals surface area (Å²) in [4.78, 5) is 30.3. The van der Waals surface area contributed by atoms with Crippen molar-refractivity contribution in [2.45, 2.75) is 77.2 Å². The third-order valence-corrected chi connectivity index (χ3v) is 6.48. The van der Waals surface area contributed by atoms with Gasteiger partial charge >= 0.3 is 0 Å². The van der Waals surface area contributed by atoms with E-state index in [1.165, 1.54) is 0 Å². The minimum Gasteiger partial charge on any atom is -0.511 e. The molecule has 2 atom stereocenters. The first-order valence-corrected chi connectivity index (χ1v) is 11.6. The highest BCUT2D eigenvalue weighted by molar-refractivity contribution is 6.23. The Balaban J connectivity index is 1.60. The van der Waals surface area contributed by atoms with Crippen LogP contribution in [-0.2, 0) is 17.6 Å². The Morgan fingerprint density at radius 2 is 1.97 bits per heavy atom. The van der Waals surface area contributed by atoms with Crippen molar-refractivity contribution in [2.75, 3.05) is 0 Å². The van der Waals surface area contributed by atoms with E-state index in [0.717, 1.165) is 24.8 Å². The van der Waals surface area contributed by atoms with Crippen LogP contribution in [0.5, 0.6) is 0 Å². The number of aliphatic imine (C=N–C) groups is 1. The van der Waals surface area contributed by atoms with Crippen molar-refractivity contribution >= 4 is 17.3 Å². The monoisotopic (exact) mass is 434 g/mol. The number of aryl methyl sites for hydroxylation is 2. The van der Waals surface area contributed by atoms with Gasteiger partial charge in [-0.2, -0.15) is 0 Å². The summed E-state index contributed by atoms with van der Waals surface area (Å²) in [6.07, 6.45) is 4.51. The SMILES string of the molecule is CCC(C)N=C(CCc1noc2c1C(=O)CCC2)C1=C(O)CC(c2ccccc2)CC1=O. The molecule has 2 unspecified atom stereocenters. The third kappa shape index (κ3) is 4.59. The van der Waals surface area contributed by atoms with E-state index in [4.69, 9.17) is 9.52 Å². The fourth-order valence-electron chi connectivity index (χ4n) is 4.59. The van der Waals surface area contributed by atoms with Crippen molar-refractivity contribution in [3.05, 3.63) is 64.2 Å². The van der Waals surface area contributed by atoms with E-state index in [1.807, 2.05) is 44.2 Å². The topological polar surface area (TPSA) is 92.8 Å². The summed E-state index contributed by atoms with van der Waals surface area (Å²) in [7, 11) is 0. The molecule has 2 aliphatic carbocycles.